The molecule has 3 N–H and O–H groups in total. The van der Waals surface area contributed by atoms with Gasteiger partial charge in [-0.05, 0) is 42.5 Å². The number of aromatic amines is 1. The van der Waals surface area contributed by atoms with Crippen LogP contribution in [-0.4, -0.2) is 16.9 Å². The molecule has 0 aliphatic heterocycles. The molecule has 0 radical (unpaired) electrons. The Kier molecular flexibility index (Phi) is 4.93. The molecule has 1 saturated carbocycles. The zero-order valence-corrected chi connectivity index (χ0v) is 15.6. The molecule has 2 aromatic carbocycles. The summed E-state index contributed by atoms with van der Waals surface area (Å²) in [4.78, 5) is 15.5. The van der Waals surface area contributed by atoms with Crippen molar-refractivity contribution in [3.8, 4) is 6.07 Å². The lowest BCUT2D eigenvalue weighted by atomic mass is 9.80. The van der Waals surface area contributed by atoms with Crippen LogP contribution < -0.4 is 10.6 Å². The summed E-state index contributed by atoms with van der Waals surface area (Å²) in [6, 6.07) is 14.4. The third-order valence-corrected chi connectivity index (χ3v) is 5.43. The van der Waals surface area contributed by atoms with Crippen molar-refractivity contribution in [3.63, 3.8) is 0 Å². The monoisotopic (exact) mass is 394 g/mol. The molecule has 1 fully saturated rings. The fourth-order valence-electron chi connectivity index (χ4n) is 3.90. The fourth-order valence-corrected chi connectivity index (χ4v) is 3.90. The van der Waals surface area contributed by atoms with Gasteiger partial charge in [0.25, 0.3) is 0 Å². The molecule has 0 atom stereocenters. The average molecular weight is 394 g/mol. The van der Waals surface area contributed by atoms with Crippen LogP contribution in [0.1, 0.15) is 42.7 Å². The first-order valence-electron chi connectivity index (χ1n) is 9.51. The molecule has 148 valence electrons. The van der Waals surface area contributed by atoms with Crippen molar-refractivity contribution in [1.82, 2.24) is 4.98 Å². The molecular formula is C22H20F2N4O. The number of hydrogen-bond donors (Lipinski definition) is 3. The predicted molar refractivity (Wildman–Crippen MR) is 108 cm³/mol. The van der Waals surface area contributed by atoms with Crippen LogP contribution >= 0.6 is 0 Å². The maximum atomic E-state index is 13.4. The minimum atomic E-state index is -2.61. The lowest BCUT2D eigenvalue weighted by molar-refractivity contribution is -0.0382. The van der Waals surface area contributed by atoms with Crippen LogP contribution in [0.5, 0.6) is 0 Å². The van der Waals surface area contributed by atoms with Gasteiger partial charge in [0.2, 0.25) is 5.92 Å². The number of rotatable bonds is 3. The van der Waals surface area contributed by atoms with Gasteiger partial charge in [-0.3, -0.25) is 0 Å². The molecule has 4 rings (SSSR count). The summed E-state index contributed by atoms with van der Waals surface area (Å²) >= 11 is 0. The molecule has 1 heterocycles. The third-order valence-electron chi connectivity index (χ3n) is 5.43. The molecule has 0 spiro atoms. The van der Waals surface area contributed by atoms with Crippen LogP contribution in [-0.2, 0) is 0 Å². The molecule has 2 amide bonds. The van der Waals surface area contributed by atoms with Gasteiger partial charge in [0, 0.05) is 35.6 Å². The van der Waals surface area contributed by atoms with Crippen molar-refractivity contribution >= 4 is 28.3 Å². The Morgan fingerprint density at radius 3 is 2.66 bits per heavy atom. The fraction of sp³-hybridized carbons (Fsp3) is 0.273. The molecule has 0 unspecified atom stereocenters. The van der Waals surface area contributed by atoms with Gasteiger partial charge < -0.3 is 15.6 Å². The van der Waals surface area contributed by atoms with Crippen molar-refractivity contribution in [2.75, 3.05) is 10.6 Å². The number of anilines is 2. The summed E-state index contributed by atoms with van der Waals surface area (Å²) < 4.78 is 26.8. The minimum Gasteiger partial charge on any atom is -0.359 e. The molecule has 0 saturated heterocycles. The van der Waals surface area contributed by atoms with Crippen molar-refractivity contribution in [1.29, 1.82) is 5.26 Å². The van der Waals surface area contributed by atoms with Gasteiger partial charge in [0.05, 0.1) is 17.3 Å². The summed E-state index contributed by atoms with van der Waals surface area (Å²) in [5, 5.41) is 15.9. The molecule has 1 aliphatic rings. The number of para-hydroxylation sites is 1. The van der Waals surface area contributed by atoms with E-state index in [2.05, 4.69) is 21.7 Å². The standard InChI is InChI=1S/C22H20F2N4O/c23-22(24)9-7-14(8-10-22)17-6-5-16(11-15(17)12-25)27-21(29)28-20-13-26-19-4-2-1-3-18(19)20/h1-6,11,13-14,26H,7-10H2,(H2,27,28,29). The maximum Gasteiger partial charge on any atom is 0.323 e. The second-order valence-corrected chi connectivity index (χ2v) is 7.37. The number of benzene rings is 2. The zero-order valence-electron chi connectivity index (χ0n) is 15.6. The van der Waals surface area contributed by atoms with Crippen LogP contribution in [0.3, 0.4) is 0 Å². The summed E-state index contributed by atoms with van der Waals surface area (Å²) in [6.07, 6.45) is 2.11. The second-order valence-electron chi connectivity index (χ2n) is 7.37. The first kappa shape index (κ1) is 18.9. The van der Waals surface area contributed by atoms with Crippen molar-refractivity contribution in [3.05, 3.63) is 59.8 Å². The highest BCUT2D eigenvalue weighted by atomic mass is 19.3. The number of H-pyrrole nitrogens is 1. The van der Waals surface area contributed by atoms with Gasteiger partial charge in [0.1, 0.15) is 0 Å². The number of alkyl halides is 2. The van der Waals surface area contributed by atoms with Gasteiger partial charge in [-0.1, -0.05) is 24.3 Å². The number of aromatic nitrogens is 1. The molecule has 0 bridgehead atoms. The van der Waals surface area contributed by atoms with Crippen LogP contribution in [0, 0.1) is 11.3 Å². The maximum absolute atomic E-state index is 13.4. The molecule has 29 heavy (non-hydrogen) atoms. The van der Waals surface area contributed by atoms with Crippen molar-refractivity contribution < 1.29 is 13.6 Å². The Labute approximate surface area is 166 Å². The van der Waals surface area contributed by atoms with E-state index < -0.39 is 12.0 Å². The number of fused-ring (bicyclic) bond motifs is 1. The normalized spacial score (nSPS) is 16.3. The van der Waals surface area contributed by atoms with Crippen molar-refractivity contribution in [2.24, 2.45) is 0 Å². The Morgan fingerprint density at radius 2 is 1.90 bits per heavy atom. The molecule has 3 aromatic rings. The van der Waals surface area contributed by atoms with Crippen LogP contribution in [0.2, 0.25) is 0 Å². The van der Waals surface area contributed by atoms with Crippen LogP contribution in [0.15, 0.2) is 48.7 Å². The highest BCUT2D eigenvalue weighted by molar-refractivity contribution is 6.05. The number of urea groups is 1. The average Bonchev–Trinajstić information content (AvgIpc) is 3.11. The summed E-state index contributed by atoms with van der Waals surface area (Å²) in [7, 11) is 0. The van der Waals surface area contributed by atoms with E-state index in [0.717, 1.165) is 16.5 Å². The van der Waals surface area contributed by atoms with Gasteiger partial charge in [-0.15, -0.1) is 0 Å². The van der Waals surface area contributed by atoms with E-state index in [0.29, 0.717) is 29.8 Å². The van der Waals surface area contributed by atoms with E-state index in [9.17, 15) is 18.8 Å². The molecule has 1 aliphatic carbocycles. The molecule has 7 heteroatoms. The Morgan fingerprint density at radius 1 is 1.14 bits per heavy atom. The van der Waals surface area contributed by atoms with Gasteiger partial charge in [-0.25, -0.2) is 13.6 Å². The number of nitrogens with zero attached hydrogens (tertiary/aromatic N) is 1. The second kappa shape index (κ2) is 7.55. The summed E-state index contributed by atoms with van der Waals surface area (Å²) in [6.45, 7) is 0. The SMILES string of the molecule is N#Cc1cc(NC(=O)Nc2c[nH]c3ccccc23)ccc1C1CCC(F)(F)CC1. The minimum absolute atomic E-state index is 0.0571. The van der Waals surface area contributed by atoms with E-state index in [-0.39, 0.29) is 18.8 Å². The zero-order chi connectivity index (χ0) is 20.4. The Bertz CT molecular complexity index is 1090. The number of amides is 2. The first-order valence-corrected chi connectivity index (χ1v) is 9.51. The highest BCUT2D eigenvalue weighted by Gasteiger charge is 2.36. The first-order chi connectivity index (χ1) is 13.9. The smallest absolute Gasteiger partial charge is 0.323 e. The quantitative estimate of drug-likeness (QED) is 0.511. The molecule has 5 nitrogen and oxygen atoms in total. The van der Waals surface area contributed by atoms with Gasteiger partial charge in [0.15, 0.2) is 0 Å². The lowest BCUT2D eigenvalue weighted by Gasteiger charge is -2.29. The van der Waals surface area contributed by atoms with Gasteiger partial charge in [-0.2, -0.15) is 5.26 Å². The predicted octanol–water partition coefficient (Wildman–Crippen LogP) is 5.98. The van der Waals surface area contributed by atoms with E-state index >= 15 is 0 Å². The number of carbonyl (C=O) groups is 1. The van der Waals surface area contributed by atoms with E-state index in [1.54, 1.807) is 24.4 Å². The lowest BCUT2D eigenvalue weighted by Crippen LogP contribution is -2.24. The highest BCUT2D eigenvalue weighted by Crippen LogP contribution is 2.42. The largest absolute Gasteiger partial charge is 0.359 e. The van der Waals surface area contributed by atoms with Gasteiger partial charge >= 0.3 is 6.03 Å². The number of hydrogen-bond acceptors (Lipinski definition) is 2. The topological polar surface area (TPSA) is 80.7 Å². The van der Waals surface area contributed by atoms with E-state index in [4.69, 9.17) is 0 Å². The number of nitrogens with one attached hydrogen (secondary N) is 3. The number of nitriles is 1. The summed E-state index contributed by atoms with van der Waals surface area (Å²) in [5.74, 6) is -2.66. The summed E-state index contributed by atoms with van der Waals surface area (Å²) in [5.41, 5.74) is 3.22. The number of halogens is 2. The van der Waals surface area contributed by atoms with E-state index in [1.807, 2.05) is 24.3 Å². The Balaban J connectivity index is 1.46. The van der Waals surface area contributed by atoms with Crippen LogP contribution in [0.4, 0.5) is 25.0 Å². The molecule has 1 aromatic heterocycles. The number of carbonyl (C=O) groups excluding carboxylic acids is 1. The van der Waals surface area contributed by atoms with Crippen molar-refractivity contribution in [2.45, 2.75) is 37.5 Å². The third kappa shape index (κ3) is 4.06. The molecular weight excluding hydrogens is 374 g/mol. The van der Waals surface area contributed by atoms with E-state index in [1.165, 1.54) is 0 Å². The van der Waals surface area contributed by atoms with Crippen LogP contribution in [0.25, 0.3) is 10.9 Å². The Hall–Kier alpha value is -3.40.